The number of carbonyl (C=O) groups excluding carboxylic acids is 1. The first-order valence-corrected chi connectivity index (χ1v) is 9.67. The molecule has 0 atom stereocenters. The molecule has 0 bridgehead atoms. The lowest BCUT2D eigenvalue weighted by Crippen LogP contribution is -2.47. The van der Waals surface area contributed by atoms with Gasteiger partial charge in [0.05, 0.1) is 11.1 Å². The molecule has 1 amide bonds. The number of pyridine rings is 1. The number of piperazine rings is 1. The van der Waals surface area contributed by atoms with E-state index < -0.39 is 10.5 Å². The van der Waals surface area contributed by atoms with Gasteiger partial charge in [-0.15, -0.1) is 0 Å². The van der Waals surface area contributed by atoms with E-state index in [1.165, 1.54) is 5.69 Å². The van der Waals surface area contributed by atoms with Crippen LogP contribution in [0.4, 0.5) is 11.4 Å². The Balaban J connectivity index is 1.36. The summed E-state index contributed by atoms with van der Waals surface area (Å²) in [4.78, 5) is 38.7. The number of nitrogens with one attached hydrogen (secondary N) is 1. The Morgan fingerprint density at radius 2 is 1.79 bits per heavy atom. The second-order valence-corrected chi connectivity index (χ2v) is 6.98. The molecule has 0 radical (unpaired) electrons. The summed E-state index contributed by atoms with van der Waals surface area (Å²) in [7, 11) is 0. The normalized spacial score (nSPS) is 14.6. The molecule has 1 aromatic carbocycles. The van der Waals surface area contributed by atoms with Crippen LogP contribution in [-0.2, 0) is 11.3 Å². The first kappa shape index (κ1) is 20.5. The van der Waals surface area contributed by atoms with Crippen molar-refractivity contribution in [3.8, 4) is 0 Å². The summed E-state index contributed by atoms with van der Waals surface area (Å²) in [5, 5.41) is 13.6. The quantitative estimate of drug-likeness (QED) is 0.405. The van der Waals surface area contributed by atoms with E-state index in [4.69, 9.17) is 0 Å². The SMILES string of the molecule is O=C(Cn1cc([N+](=O)[O-])ccc1=O)NCCCN1CCN(c2ccccc2)CC1. The van der Waals surface area contributed by atoms with Crippen molar-refractivity contribution in [2.24, 2.45) is 0 Å². The van der Waals surface area contributed by atoms with Gasteiger partial charge >= 0.3 is 0 Å². The molecule has 1 N–H and O–H groups in total. The topological polar surface area (TPSA) is 101 Å². The molecule has 0 saturated carbocycles. The number of benzene rings is 1. The van der Waals surface area contributed by atoms with E-state index in [0.29, 0.717) is 6.54 Å². The van der Waals surface area contributed by atoms with Crippen LogP contribution in [0.15, 0.2) is 53.5 Å². The third-order valence-electron chi connectivity index (χ3n) is 4.96. The number of amides is 1. The van der Waals surface area contributed by atoms with Crippen molar-refractivity contribution in [2.45, 2.75) is 13.0 Å². The number of nitrogens with zero attached hydrogens (tertiary/aromatic N) is 4. The van der Waals surface area contributed by atoms with Gasteiger partial charge < -0.3 is 10.2 Å². The van der Waals surface area contributed by atoms with E-state index in [-0.39, 0.29) is 18.1 Å². The van der Waals surface area contributed by atoms with Crippen molar-refractivity contribution < 1.29 is 9.72 Å². The highest BCUT2D eigenvalue weighted by Crippen LogP contribution is 2.15. The molecule has 0 aliphatic carbocycles. The van der Waals surface area contributed by atoms with Crippen LogP contribution in [0.1, 0.15) is 6.42 Å². The Morgan fingerprint density at radius 3 is 2.48 bits per heavy atom. The van der Waals surface area contributed by atoms with Gasteiger partial charge in [0.15, 0.2) is 0 Å². The molecule has 1 saturated heterocycles. The minimum Gasteiger partial charge on any atom is -0.369 e. The van der Waals surface area contributed by atoms with Crippen LogP contribution in [0.2, 0.25) is 0 Å². The summed E-state index contributed by atoms with van der Waals surface area (Å²) in [5.74, 6) is -0.332. The fourth-order valence-corrected chi connectivity index (χ4v) is 3.36. The molecule has 29 heavy (non-hydrogen) atoms. The van der Waals surface area contributed by atoms with Crippen LogP contribution in [0.25, 0.3) is 0 Å². The second-order valence-electron chi connectivity index (χ2n) is 6.98. The number of rotatable bonds is 8. The Morgan fingerprint density at radius 1 is 1.07 bits per heavy atom. The van der Waals surface area contributed by atoms with Gasteiger partial charge in [-0.25, -0.2) is 0 Å². The molecule has 2 aromatic rings. The lowest BCUT2D eigenvalue weighted by atomic mass is 10.2. The minimum absolute atomic E-state index is 0.216. The molecule has 1 aliphatic heterocycles. The first-order valence-electron chi connectivity index (χ1n) is 9.67. The van der Waals surface area contributed by atoms with Gasteiger partial charge in [-0.05, 0) is 25.1 Å². The fraction of sp³-hybridized carbons (Fsp3) is 0.400. The molecule has 0 unspecified atom stereocenters. The number of nitro groups is 1. The molecule has 3 rings (SSSR count). The van der Waals surface area contributed by atoms with Gasteiger partial charge in [-0.3, -0.25) is 29.2 Å². The van der Waals surface area contributed by atoms with Crippen molar-refractivity contribution in [3.05, 3.63) is 69.1 Å². The van der Waals surface area contributed by atoms with Crippen molar-refractivity contribution >= 4 is 17.3 Å². The summed E-state index contributed by atoms with van der Waals surface area (Å²) >= 11 is 0. The van der Waals surface area contributed by atoms with Gasteiger partial charge in [0.1, 0.15) is 6.54 Å². The third kappa shape index (κ3) is 5.89. The summed E-state index contributed by atoms with van der Waals surface area (Å²) in [6.45, 7) is 5.08. The summed E-state index contributed by atoms with van der Waals surface area (Å²) in [6.07, 6.45) is 1.90. The zero-order valence-electron chi connectivity index (χ0n) is 16.2. The Bertz CT molecular complexity index is 891. The number of hydrogen-bond acceptors (Lipinski definition) is 6. The van der Waals surface area contributed by atoms with E-state index in [9.17, 15) is 19.7 Å². The predicted octanol–water partition coefficient (Wildman–Crippen LogP) is 1.08. The average Bonchev–Trinajstić information content (AvgIpc) is 2.74. The highest BCUT2D eigenvalue weighted by molar-refractivity contribution is 5.75. The van der Waals surface area contributed by atoms with Gasteiger partial charge in [-0.2, -0.15) is 0 Å². The van der Waals surface area contributed by atoms with Gasteiger partial charge in [-0.1, -0.05) is 18.2 Å². The lowest BCUT2D eigenvalue weighted by Gasteiger charge is -2.36. The third-order valence-corrected chi connectivity index (χ3v) is 4.96. The van der Waals surface area contributed by atoms with Crippen molar-refractivity contribution in [3.63, 3.8) is 0 Å². The number of para-hydroxylation sites is 1. The second kappa shape index (κ2) is 9.83. The van der Waals surface area contributed by atoms with E-state index >= 15 is 0 Å². The smallest absolute Gasteiger partial charge is 0.285 e. The molecule has 9 heteroatoms. The van der Waals surface area contributed by atoms with Gasteiger partial charge in [0.2, 0.25) is 5.91 Å². The number of hydrogen-bond donors (Lipinski definition) is 1. The Hall–Kier alpha value is -3.20. The highest BCUT2D eigenvalue weighted by Gasteiger charge is 2.16. The fourth-order valence-electron chi connectivity index (χ4n) is 3.36. The summed E-state index contributed by atoms with van der Waals surface area (Å²) < 4.78 is 1.05. The van der Waals surface area contributed by atoms with Crippen molar-refractivity contribution in [1.29, 1.82) is 0 Å². The van der Waals surface area contributed by atoms with Gasteiger partial charge in [0, 0.05) is 50.5 Å². The molecule has 1 aliphatic rings. The van der Waals surface area contributed by atoms with Crippen LogP contribution in [-0.4, -0.2) is 59.6 Å². The van der Waals surface area contributed by atoms with Gasteiger partial charge in [0.25, 0.3) is 11.2 Å². The maximum Gasteiger partial charge on any atom is 0.285 e. The number of aromatic nitrogens is 1. The summed E-state index contributed by atoms with van der Waals surface area (Å²) in [6, 6.07) is 12.6. The van der Waals surface area contributed by atoms with Crippen LogP contribution < -0.4 is 15.8 Å². The zero-order valence-corrected chi connectivity index (χ0v) is 16.2. The maximum absolute atomic E-state index is 12.0. The minimum atomic E-state index is -0.592. The summed E-state index contributed by atoms with van der Waals surface area (Å²) in [5.41, 5.74) is 0.588. The molecule has 154 valence electrons. The first-order chi connectivity index (χ1) is 14.0. The molecular formula is C20H25N5O4. The zero-order chi connectivity index (χ0) is 20.6. The molecule has 0 spiro atoms. The lowest BCUT2D eigenvalue weighted by molar-refractivity contribution is -0.385. The highest BCUT2D eigenvalue weighted by atomic mass is 16.6. The van der Waals surface area contributed by atoms with E-state index in [1.54, 1.807) is 0 Å². The molecule has 9 nitrogen and oxygen atoms in total. The molecule has 2 heterocycles. The van der Waals surface area contributed by atoms with Crippen molar-refractivity contribution in [2.75, 3.05) is 44.2 Å². The Labute approximate surface area is 168 Å². The monoisotopic (exact) mass is 399 g/mol. The number of anilines is 1. The molecule has 1 fully saturated rings. The van der Waals surface area contributed by atoms with Crippen LogP contribution >= 0.6 is 0 Å². The molecular weight excluding hydrogens is 374 g/mol. The van der Waals surface area contributed by atoms with Crippen LogP contribution in [0, 0.1) is 10.1 Å². The number of carbonyl (C=O) groups is 1. The average molecular weight is 399 g/mol. The predicted molar refractivity (Wildman–Crippen MR) is 110 cm³/mol. The van der Waals surface area contributed by atoms with Crippen molar-refractivity contribution in [1.82, 2.24) is 14.8 Å². The standard InChI is InChI=1S/C20H25N5O4/c26-19(16-24-15-18(25(28)29)7-8-20(24)27)21-9-4-10-22-11-13-23(14-12-22)17-5-2-1-3-6-17/h1-3,5-8,15H,4,9-14,16H2,(H,21,26). The van der Waals surface area contributed by atoms with E-state index in [1.807, 2.05) is 18.2 Å². The van der Waals surface area contributed by atoms with E-state index in [2.05, 4.69) is 27.2 Å². The maximum atomic E-state index is 12.0. The van der Waals surface area contributed by atoms with E-state index in [0.717, 1.165) is 62.0 Å². The Kier molecular flexibility index (Phi) is 6.96. The molecule has 1 aromatic heterocycles. The largest absolute Gasteiger partial charge is 0.369 e. The van der Waals surface area contributed by atoms with Crippen LogP contribution in [0.5, 0.6) is 0 Å². The van der Waals surface area contributed by atoms with Crippen LogP contribution in [0.3, 0.4) is 0 Å².